The van der Waals surface area contributed by atoms with Gasteiger partial charge in [0.15, 0.2) is 0 Å². The van der Waals surface area contributed by atoms with Crippen molar-refractivity contribution in [3.8, 4) is 10.4 Å². The van der Waals surface area contributed by atoms with E-state index in [4.69, 9.17) is 21.1 Å². The zero-order valence-electron chi connectivity index (χ0n) is 14.0. The Balaban J connectivity index is 1.37. The minimum atomic E-state index is -0.0376. The highest BCUT2D eigenvalue weighted by Gasteiger charge is 2.15. The van der Waals surface area contributed by atoms with Crippen LogP contribution in [0.4, 0.5) is 0 Å². The van der Waals surface area contributed by atoms with Gasteiger partial charge in [-0.3, -0.25) is 4.79 Å². The van der Waals surface area contributed by atoms with Gasteiger partial charge >= 0.3 is 0 Å². The second-order valence-corrected chi connectivity index (χ2v) is 7.51. The molecule has 1 aromatic heterocycles. The summed E-state index contributed by atoms with van der Waals surface area (Å²) in [6.45, 7) is 2.76. The zero-order chi connectivity index (χ0) is 17.5. The molecule has 1 amide bonds. The molecule has 1 fully saturated rings. The molecule has 1 N–H and O–H groups in total. The molecule has 1 aliphatic rings. The van der Waals surface area contributed by atoms with Crippen LogP contribution in [0.25, 0.3) is 10.4 Å². The molecule has 0 radical (unpaired) electrons. The third kappa shape index (κ3) is 5.54. The summed E-state index contributed by atoms with van der Waals surface area (Å²) in [5.41, 5.74) is 1.07. The fraction of sp³-hybridized carbons (Fsp3) is 0.421. The predicted molar refractivity (Wildman–Crippen MR) is 102 cm³/mol. The average Bonchev–Trinajstić information content (AvgIpc) is 3.30. The van der Waals surface area contributed by atoms with Gasteiger partial charge in [0.1, 0.15) is 0 Å². The lowest BCUT2D eigenvalue weighted by atomic mass is 10.2. The van der Waals surface area contributed by atoms with Crippen LogP contribution in [0, 0.1) is 0 Å². The molecule has 1 aliphatic heterocycles. The highest BCUT2D eigenvalue weighted by Crippen LogP contribution is 2.28. The smallest absolute Gasteiger partial charge is 0.261 e. The molecule has 1 unspecified atom stereocenters. The first-order chi connectivity index (χ1) is 12.2. The van der Waals surface area contributed by atoms with E-state index in [0.717, 1.165) is 36.3 Å². The molecule has 0 aliphatic carbocycles. The van der Waals surface area contributed by atoms with E-state index < -0.39 is 0 Å². The first kappa shape index (κ1) is 18.4. The van der Waals surface area contributed by atoms with Gasteiger partial charge in [-0.05, 0) is 49.1 Å². The van der Waals surface area contributed by atoms with Gasteiger partial charge in [0.05, 0.1) is 17.6 Å². The van der Waals surface area contributed by atoms with Gasteiger partial charge < -0.3 is 14.8 Å². The molecule has 3 rings (SSSR count). The maximum absolute atomic E-state index is 12.2. The number of benzene rings is 1. The van der Waals surface area contributed by atoms with Crippen LogP contribution >= 0.6 is 22.9 Å². The summed E-state index contributed by atoms with van der Waals surface area (Å²) in [6.07, 6.45) is 3.27. The van der Waals surface area contributed by atoms with Crippen LogP contribution in [0.1, 0.15) is 28.9 Å². The molecule has 2 aromatic rings. The number of ether oxygens (including phenoxy) is 2. The Hall–Kier alpha value is -1.40. The van der Waals surface area contributed by atoms with Crippen molar-refractivity contribution in [2.75, 3.05) is 26.4 Å². The van der Waals surface area contributed by atoms with E-state index in [0.29, 0.717) is 29.7 Å². The van der Waals surface area contributed by atoms with Crippen LogP contribution in [-0.4, -0.2) is 38.4 Å². The highest BCUT2D eigenvalue weighted by molar-refractivity contribution is 7.17. The van der Waals surface area contributed by atoms with E-state index in [-0.39, 0.29) is 12.0 Å². The van der Waals surface area contributed by atoms with Crippen LogP contribution in [0.15, 0.2) is 36.4 Å². The summed E-state index contributed by atoms with van der Waals surface area (Å²) >= 11 is 7.39. The average molecular weight is 380 g/mol. The minimum absolute atomic E-state index is 0.0376. The van der Waals surface area contributed by atoms with Crippen molar-refractivity contribution < 1.29 is 14.3 Å². The molecular formula is C19H22ClNO3S. The molecule has 1 atom stereocenters. The molecule has 134 valence electrons. The Labute approximate surface area is 157 Å². The number of hydrogen-bond donors (Lipinski definition) is 1. The molecule has 1 aromatic carbocycles. The van der Waals surface area contributed by atoms with Crippen LogP contribution in [0.2, 0.25) is 5.02 Å². The van der Waals surface area contributed by atoms with Crippen molar-refractivity contribution in [2.45, 2.75) is 25.4 Å². The lowest BCUT2D eigenvalue weighted by molar-refractivity contribution is 0.0166. The minimum Gasteiger partial charge on any atom is -0.379 e. The number of nitrogens with one attached hydrogen (secondary N) is 1. The number of carbonyl (C=O) groups excluding carboxylic acids is 1. The Bertz CT molecular complexity index is 680. The van der Waals surface area contributed by atoms with Gasteiger partial charge in [-0.15, -0.1) is 11.3 Å². The second kappa shape index (κ2) is 9.34. The van der Waals surface area contributed by atoms with Crippen LogP contribution < -0.4 is 5.32 Å². The summed E-state index contributed by atoms with van der Waals surface area (Å²) < 4.78 is 11.1. The van der Waals surface area contributed by atoms with Crippen LogP contribution in [0.5, 0.6) is 0 Å². The third-order valence-electron chi connectivity index (χ3n) is 4.04. The molecule has 2 heterocycles. The normalized spacial score (nSPS) is 16.9. The quantitative estimate of drug-likeness (QED) is 0.692. The van der Waals surface area contributed by atoms with E-state index in [9.17, 15) is 4.79 Å². The molecule has 0 spiro atoms. The SMILES string of the molecule is O=C(NCCCOCC1CCCO1)c1ccc(-c2ccc(Cl)cc2)s1. The first-order valence-corrected chi connectivity index (χ1v) is 9.75. The molecule has 25 heavy (non-hydrogen) atoms. The van der Waals surface area contributed by atoms with E-state index >= 15 is 0 Å². The Morgan fingerprint density at radius 1 is 1.28 bits per heavy atom. The summed E-state index contributed by atoms with van der Waals surface area (Å²) in [7, 11) is 0. The molecule has 0 bridgehead atoms. The number of halogens is 1. The second-order valence-electron chi connectivity index (χ2n) is 5.99. The van der Waals surface area contributed by atoms with Crippen molar-refractivity contribution in [3.05, 3.63) is 46.3 Å². The third-order valence-corrected chi connectivity index (χ3v) is 5.42. The predicted octanol–water partition coefficient (Wildman–Crippen LogP) is 4.38. The van der Waals surface area contributed by atoms with Crippen LogP contribution in [-0.2, 0) is 9.47 Å². The highest BCUT2D eigenvalue weighted by atomic mass is 35.5. The summed E-state index contributed by atoms with van der Waals surface area (Å²) in [4.78, 5) is 14.0. The topological polar surface area (TPSA) is 47.6 Å². The summed E-state index contributed by atoms with van der Waals surface area (Å²) in [5, 5.41) is 3.65. The maximum atomic E-state index is 12.2. The molecule has 1 saturated heterocycles. The largest absolute Gasteiger partial charge is 0.379 e. The van der Waals surface area contributed by atoms with Crippen molar-refractivity contribution in [1.29, 1.82) is 0 Å². The number of hydrogen-bond acceptors (Lipinski definition) is 4. The maximum Gasteiger partial charge on any atom is 0.261 e. The number of rotatable bonds is 8. The van der Waals surface area contributed by atoms with Crippen molar-refractivity contribution >= 4 is 28.8 Å². The van der Waals surface area contributed by atoms with Gasteiger partial charge in [-0.2, -0.15) is 0 Å². The van der Waals surface area contributed by atoms with Crippen molar-refractivity contribution in [1.82, 2.24) is 5.32 Å². The first-order valence-electron chi connectivity index (χ1n) is 8.56. The number of thiophene rings is 1. The number of amides is 1. The van der Waals surface area contributed by atoms with Crippen molar-refractivity contribution in [2.24, 2.45) is 0 Å². The Morgan fingerprint density at radius 2 is 2.12 bits per heavy atom. The monoisotopic (exact) mass is 379 g/mol. The molecule has 4 nitrogen and oxygen atoms in total. The fourth-order valence-corrected chi connectivity index (χ4v) is 3.74. The van der Waals surface area contributed by atoms with Gasteiger partial charge in [-0.1, -0.05) is 23.7 Å². The fourth-order valence-electron chi connectivity index (χ4n) is 2.68. The van der Waals surface area contributed by atoms with E-state index in [1.54, 1.807) is 0 Å². The lowest BCUT2D eigenvalue weighted by Gasteiger charge is -2.10. The van der Waals surface area contributed by atoms with E-state index in [1.807, 2.05) is 36.4 Å². The standard InChI is InChI=1S/C19H22ClNO3S/c20-15-6-4-14(5-7-15)17-8-9-18(25-17)19(22)21-10-2-11-23-13-16-3-1-12-24-16/h4-9,16H,1-3,10-13H2,(H,21,22). The van der Waals surface area contributed by atoms with Crippen molar-refractivity contribution in [3.63, 3.8) is 0 Å². The Kier molecular flexibility index (Phi) is 6.87. The van der Waals surface area contributed by atoms with Crippen LogP contribution in [0.3, 0.4) is 0 Å². The van der Waals surface area contributed by atoms with Gasteiger partial charge in [-0.25, -0.2) is 0 Å². The van der Waals surface area contributed by atoms with E-state index in [1.165, 1.54) is 11.3 Å². The van der Waals surface area contributed by atoms with Gasteiger partial charge in [0.25, 0.3) is 5.91 Å². The summed E-state index contributed by atoms with van der Waals surface area (Å²) in [6, 6.07) is 11.5. The molecule has 6 heteroatoms. The van der Waals surface area contributed by atoms with E-state index in [2.05, 4.69) is 5.32 Å². The molecular weight excluding hydrogens is 358 g/mol. The molecule has 0 saturated carbocycles. The van der Waals surface area contributed by atoms with Gasteiger partial charge in [0.2, 0.25) is 0 Å². The Morgan fingerprint density at radius 3 is 2.88 bits per heavy atom. The van der Waals surface area contributed by atoms with Gasteiger partial charge in [0, 0.05) is 29.7 Å². The zero-order valence-corrected chi connectivity index (χ0v) is 15.6. The lowest BCUT2D eigenvalue weighted by Crippen LogP contribution is -2.25. The summed E-state index contributed by atoms with van der Waals surface area (Å²) in [5.74, 6) is -0.0376. The number of carbonyl (C=O) groups is 1.